The maximum absolute atomic E-state index is 12.7. The number of carbonyl (C=O) groups is 1. The Labute approximate surface area is 153 Å². The standard InChI is InChI=1S/C20H25N3O3/c1-14-8-17(26-22-14)9-20(24)23-10-16(13-25-12-15-5-6-15)18(11-23)19-4-2-3-7-21-19/h2-4,7-8,15-16,18H,5-6,9-13H2,1H3. The number of amides is 1. The molecule has 2 aliphatic rings. The zero-order valence-electron chi connectivity index (χ0n) is 15.1. The van der Waals surface area contributed by atoms with Crippen molar-refractivity contribution in [3.8, 4) is 0 Å². The summed E-state index contributed by atoms with van der Waals surface area (Å²) in [6, 6.07) is 7.80. The van der Waals surface area contributed by atoms with Gasteiger partial charge >= 0.3 is 0 Å². The third-order valence-electron chi connectivity index (χ3n) is 5.25. The van der Waals surface area contributed by atoms with Crippen LogP contribution in [-0.4, -0.2) is 47.3 Å². The molecule has 0 N–H and O–H groups in total. The smallest absolute Gasteiger partial charge is 0.230 e. The van der Waals surface area contributed by atoms with Crippen molar-refractivity contribution in [1.82, 2.24) is 15.0 Å². The molecule has 1 amide bonds. The van der Waals surface area contributed by atoms with E-state index in [1.54, 1.807) is 0 Å². The van der Waals surface area contributed by atoms with Crippen LogP contribution in [0.5, 0.6) is 0 Å². The van der Waals surface area contributed by atoms with E-state index >= 15 is 0 Å². The first-order valence-electron chi connectivity index (χ1n) is 9.37. The minimum atomic E-state index is 0.0757. The zero-order chi connectivity index (χ0) is 17.9. The summed E-state index contributed by atoms with van der Waals surface area (Å²) in [6.45, 7) is 4.77. The normalized spacial score (nSPS) is 22.7. The molecule has 6 heteroatoms. The van der Waals surface area contributed by atoms with Crippen LogP contribution in [0.3, 0.4) is 0 Å². The highest BCUT2D eigenvalue weighted by molar-refractivity contribution is 5.78. The number of likely N-dealkylation sites (tertiary alicyclic amines) is 1. The molecule has 0 aromatic carbocycles. The van der Waals surface area contributed by atoms with Crippen LogP contribution < -0.4 is 0 Å². The van der Waals surface area contributed by atoms with Gasteiger partial charge in [-0.05, 0) is 37.8 Å². The second kappa shape index (κ2) is 7.58. The predicted octanol–water partition coefficient (Wildman–Crippen LogP) is 2.59. The average Bonchev–Trinajstić information content (AvgIpc) is 3.22. The number of rotatable bonds is 7. The van der Waals surface area contributed by atoms with E-state index in [1.165, 1.54) is 12.8 Å². The molecule has 138 valence electrons. The molecule has 2 unspecified atom stereocenters. The lowest BCUT2D eigenvalue weighted by atomic mass is 9.93. The number of pyridine rings is 1. The van der Waals surface area contributed by atoms with Crippen LogP contribution in [0, 0.1) is 18.8 Å². The van der Waals surface area contributed by atoms with Gasteiger partial charge in [0.1, 0.15) is 5.76 Å². The monoisotopic (exact) mass is 355 g/mol. The highest BCUT2D eigenvalue weighted by Gasteiger charge is 2.37. The number of nitrogens with zero attached hydrogens (tertiary/aromatic N) is 3. The van der Waals surface area contributed by atoms with Crippen molar-refractivity contribution in [2.75, 3.05) is 26.3 Å². The van der Waals surface area contributed by atoms with Crippen molar-refractivity contribution in [2.24, 2.45) is 11.8 Å². The molecule has 6 nitrogen and oxygen atoms in total. The van der Waals surface area contributed by atoms with E-state index in [4.69, 9.17) is 9.26 Å². The number of ether oxygens (including phenoxy) is 1. The maximum Gasteiger partial charge on any atom is 0.230 e. The molecule has 2 atom stereocenters. The largest absolute Gasteiger partial charge is 0.381 e. The van der Waals surface area contributed by atoms with Crippen LogP contribution in [0.25, 0.3) is 0 Å². The first kappa shape index (κ1) is 17.2. The van der Waals surface area contributed by atoms with Gasteiger partial charge in [-0.25, -0.2) is 0 Å². The third kappa shape index (κ3) is 4.12. The van der Waals surface area contributed by atoms with Gasteiger partial charge in [0, 0.05) is 49.5 Å². The van der Waals surface area contributed by atoms with Gasteiger partial charge in [-0.2, -0.15) is 0 Å². The fraction of sp³-hybridized carbons (Fsp3) is 0.550. The minimum Gasteiger partial charge on any atom is -0.381 e. The van der Waals surface area contributed by atoms with E-state index in [1.807, 2.05) is 42.3 Å². The molecule has 1 aliphatic heterocycles. The summed E-state index contributed by atoms with van der Waals surface area (Å²) in [7, 11) is 0. The topological polar surface area (TPSA) is 68.5 Å². The Bertz CT molecular complexity index is 742. The number of hydrogen-bond donors (Lipinski definition) is 0. The molecule has 0 spiro atoms. The second-order valence-electron chi connectivity index (χ2n) is 7.51. The Hall–Kier alpha value is -2.21. The average molecular weight is 355 g/mol. The van der Waals surface area contributed by atoms with Gasteiger partial charge in [0.25, 0.3) is 0 Å². The molecule has 1 aliphatic carbocycles. The predicted molar refractivity (Wildman–Crippen MR) is 95.5 cm³/mol. The Balaban J connectivity index is 1.42. The molecule has 2 aromatic rings. The van der Waals surface area contributed by atoms with Crippen LogP contribution in [0.4, 0.5) is 0 Å². The Morgan fingerprint density at radius 2 is 2.19 bits per heavy atom. The molecule has 0 radical (unpaired) electrons. The zero-order valence-corrected chi connectivity index (χ0v) is 15.1. The summed E-state index contributed by atoms with van der Waals surface area (Å²) in [5.74, 6) is 1.94. The molecular weight excluding hydrogens is 330 g/mol. The lowest BCUT2D eigenvalue weighted by Gasteiger charge is -2.17. The van der Waals surface area contributed by atoms with E-state index in [9.17, 15) is 4.79 Å². The van der Waals surface area contributed by atoms with Crippen molar-refractivity contribution in [2.45, 2.75) is 32.1 Å². The van der Waals surface area contributed by atoms with Gasteiger partial charge in [0.15, 0.2) is 0 Å². The summed E-state index contributed by atoms with van der Waals surface area (Å²) in [5.41, 5.74) is 1.84. The molecule has 4 rings (SSSR count). The highest BCUT2D eigenvalue weighted by atomic mass is 16.5. The van der Waals surface area contributed by atoms with Gasteiger partial charge in [-0.1, -0.05) is 11.2 Å². The van der Waals surface area contributed by atoms with Gasteiger partial charge in [0.2, 0.25) is 5.91 Å². The van der Waals surface area contributed by atoms with Crippen LogP contribution in [0.15, 0.2) is 35.0 Å². The van der Waals surface area contributed by atoms with Gasteiger partial charge in [-0.15, -0.1) is 0 Å². The number of hydrogen-bond acceptors (Lipinski definition) is 5. The van der Waals surface area contributed by atoms with Crippen molar-refractivity contribution in [3.05, 3.63) is 47.6 Å². The van der Waals surface area contributed by atoms with Gasteiger partial charge in [0.05, 0.1) is 18.7 Å². The van der Waals surface area contributed by atoms with Crippen molar-refractivity contribution in [1.29, 1.82) is 0 Å². The van der Waals surface area contributed by atoms with Gasteiger partial charge in [-0.3, -0.25) is 9.78 Å². The molecule has 3 heterocycles. The molecule has 0 bridgehead atoms. The van der Waals surface area contributed by atoms with E-state index in [0.29, 0.717) is 25.5 Å². The molecule has 1 saturated heterocycles. The summed E-state index contributed by atoms with van der Waals surface area (Å²) in [6.07, 6.45) is 4.65. The van der Waals surface area contributed by atoms with Crippen molar-refractivity contribution >= 4 is 5.91 Å². The van der Waals surface area contributed by atoms with Crippen LogP contribution in [-0.2, 0) is 16.0 Å². The highest BCUT2D eigenvalue weighted by Crippen LogP contribution is 2.34. The molecule has 2 fully saturated rings. The van der Waals surface area contributed by atoms with E-state index in [2.05, 4.69) is 10.1 Å². The second-order valence-corrected chi connectivity index (χ2v) is 7.51. The Morgan fingerprint density at radius 3 is 2.88 bits per heavy atom. The first-order chi connectivity index (χ1) is 12.7. The summed E-state index contributed by atoms with van der Waals surface area (Å²) < 4.78 is 11.1. The molecular formula is C20H25N3O3. The first-order valence-corrected chi connectivity index (χ1v) is 9.37. The fourth-order valence-corrected chi connectivity index (χ4v) is 3.61. The molecule has 1 saturated carbocycles. The Morgan fingerprint density at radius 1 is 1.31 bits per heavy atom. The van der Waals surface area contributed by atoms with E-state index in [0.717, 1.165) is 23.9 Å². The fourth-order valence-electron chi connectivity index (χ4n) is 3.61. The lowest BCUT2D eigenvalue weighted by Crippen LogP contribution is -2.30. The summed E-state index contributed by atoms with van der Waals surface area (Å²) in [5, 5.41) is 3.86. The van der Waals surface area contributed by atoms with Gasteiger partial charge < -0.3 is 14.2 Å². The van der Waals surface area contributed by atoms with Crippen molar-refractivity contribution in [3.63, 3.8) is 0 Å². The lowest BCUT2D eigenvalue weighted by molar-refractivity contribution is -0.130. The quantitative estimate of drug-likeness (QED) is 0.764. The van der Waals surface area contributed by atoms with Crippen LogP contribution in [0.2, 0.25) is 0 Å². The Kier molecular flexibility index (Phi) is 5.02. The van der Waals surface area contributed by atoms with Crippen LogP contribution in [0.1, 0.15) is 35.9 Å². The molecule has 26 heavy (non-hydrogen) atoms. The van der Waals surface area contributed by atoms with Crippen molar-refractivity contribution < 1.29 is 14.1 Å². The number of aryl methyl sites for hydroxylation is 1. The third-order valence-corrected chi connectivity index (χ3v) is 5.25. The van der Waals surface area contributed by atoms with E-state index in [-0.39, 0.29) is 24.2 Å². The summed E-state index contributed by atoms with van der Waals surface area (Å²) >= 11 is 0. The maximum atomic E-state index is 12.7. The molecule has 2 aromatic heterocycles. The minimum absolute atomic E-state index is 0.0757. The SMILES string of the molecule is Cc1cc(CC(=O)N2CC(COCC3CC3)C(c3ccccn3)C2)on1. The number of aromatic nitrogens is 2. The van der Waals surface area contributed by atoms with E-state index < -0.39 is 0 Å². The van der Waals surface area contributed by atoms with Crippen LogP contribution >= 0.6 is 0 Å². The number of carbonyl (C=O) groups excluding carboxylic acids is 1. The summed E-state index contributed by atoms with van der Waals surface area (Å²) in [4.78, 5) is 19.2.